The SMILES string of the molecule is CCCC(C(=O)NCC1CCS(=O)(=O)C1)C(N)=NO. The first-order valence-electron chi connectivity index (χ1n) is 6.35. The van der Waals surface area contributed by atoms with Crippen molar-refractivity contribution in [1.82, 2.24) is 5.32 Å². The van der Waals surface area contributed by atoms with Crippen molar-refractivity contribution in [3.63, 3.8) is 0 Å². The lowest BCUT2D eigenvalue weighted by Crippen LogP contribution is -2.40. The molecule has 8 heteroatoms. The maximum absolute atomic E-state index is 11.9. The molecule has 0 aromatic heterocycles. The summed E-state index contributed by atoms with van der Waals surface area (Å²) in [7, 11) is -2.93. The highest BCUT2D eigenvalue weighted by Gasteiger charge is 2.29. The van der Waals surface area contributed by atoms with Crippen molar-refractivity contribution in [3.8, 4) is 0 Å². The Morgan fingerprint density at radius 2 is 2.26 bits per heavy atom. The Morgan fingerprint density at radius 1 is 1.58 bits per heavy atom. The zero-order chi connectivity index (χ0) is 14.5. The van der Waals surface area contributed by atoms with Gasteiger partial charge in [0, 0.05) is 6.54 Å². The molecule has 19 heavy (non-hydrogen) atoms. The van der Waals surface area contributed by atoms with Gasteiger partial charge in [-0.3, -0.25) is 4.79 Å². The molecular formula is C11H21N3O4S. The van der Waals surface area contributed by atoms with Gasteiger partial charge >= 0.3 is 0 Å². The van der Waals surface area contributed by atoms with Gasteiger partial charge in [-0.1, -0.05) is 18.5 Å². The highest BCUT2D eigenvalue weighted by molar-refractivity contribution is 7.91. The van der Waals surface area contributed by atoms with Crippen LogP contribution in [0.2, 0.25) is 0 Å². The van der Waals surface area contributed by atoms with Gasteiger partial charge in [-0.15, -0.1) is 0 Å². The van der Waals surface area contributed by atoms with E-state index in [4.69, 9.17) is 10.9 Å². The first-order valence-corrected chi connectivity index (χ1v) is 8.17. The average Bonchev–Trinajstić information content (AvgIpc) is 2.72. The van der Waals surface area contributed by atoms with Gasteiger partial charge in [0.25, 0.3) is 0 Å². The summed E-state index contributed by atoms with van der Waals surface area (Å²) in [6.45, 7) is 2.21. The molecule has 0 radical (unpaired) electrons. The molecule has 110 valence electrons. The summed E-state index contributed by atoms with van der Waals surface area (Å²) in [6, 6.07) is 0. The molecular weight excluding hydrogens is 270 g/mol. The molecule has 0 saturated carbocycles. The minimum atomic E-state index is -2.93. The number of oxime groups is 1. The molecule has 0 aromatic rings. The number of nitrogens with one attached hydrogen (secondary N) is 1. The predicted molar refractivity (Wildman–Crippen MR) is 71.6 cm³/mol. The number of carbonyl (C=O) groups is 1. The molecule has 7 nitrogen and oxygen atoms in total. The monoisotopic (exact) mass is 291 g/mol. The van der Waals surface area contributed by atoms with E-state index in [2.05, 4.69) is 10.5 Å². The van der Waals surface area contributed by atoms with E-state index in [0.717, 1.165) is 6.42 Å². The maximum atomic E-state index is 11.9. The number of carbonyl (C=O) groups excluding carboxylic acids is 1. The maximum Gasteiger partial charge on any atom is 0.230 e. The Balaban J connectivity index is 2.49. The van der Waals surface area contributed by atoms with Crippen molar-refractivity contribution in [2.24, 2.45) is 22.7 Å². The molecule has 1 rings (SSSR count). The smallest absolute Gasteiger partial charge is 0.230 e. The summed E-state index contributed by atoms with van der Waals surface area (Å²) in [6.07, 6.45) is 1.79. The molecule has 4 N–H and O–H groups in total. The lowest BCUT2D eigenvalue weighted by atomic mass is 10.0. The third-order valence-corrected chi connectivity index (χ3v) is 5.10. The molecule has 1 aliphatic rings. The van der Waals surface area contributed by atoms with Gasteiger partial charge in [0.2, 0.25) is 5.91 Å². The van der Waals surface area contributed by atoms with Crippen molar-refractivity contribution < 1.29 is 18.4 Å². The standard InChI is InChI=1S/C11H21N3O4S/c1-2-3-9(10(12)14-16)11(15)13-6-8-4-5-19(17,18)7-8/h8-9,16H,2-7H2,1H3,(H2,12,14)(H,13,15). The Morgan fingerprint density at radius 3 is 2.74 bits per heavy atom. The van der Waals surface area contributed by atoms with Crippen LogP contribution in [-0.2, 0) is 14.6 Å². The second kappa shape index (κ2) is 6.74. The summed E-state index contributed by atoms with van der Waals surface area (Å²) < 4.78 is 22.6. The molecule has 1 fully saturated rings. The van der Waals surface area contributed by atoms with E-state index in [1.54, 1.807) is 0 Å². The van der Waals surface area contributed by atoms with E-state index in [-0.39, 0.29) is 29.2 Å². The number of nitrogens with two attached hydrogens (primary N) is 1. The molecule has 2 unspecified atom stereocenters. The van der Waals surface area contributed by atoms with Gasteiger partial charge in [0.1, 0.15) is 0 Å². The van der Waals surface area contributed by atoms with Crippen LogP contribution in [0.25, 0.3) is 0 Å². The van der Waals surface area contributed by atoms with Crippen LogP contribution in [0.1, 0.15) is 26.2 Å². The van der Waals surface area contributed by atoms with E-state index in [1.807, 2.05) is 6.92 Å². The van der Waals surface area contributed by atoms with Crippen LogP contribution in [0.3, 0.4) is 0 Å². The van der Waals surface area contributed by atoms with Gasteiger partial charge in [-0.05, 0) is 18.8 Å². The predicted octanol–water partition coefficient (Wildman–Crippen LogP) is -0.300. The van der Waals surface area contributed by atoms with E-state index in [1.165, 1.54) is 0 Å². The number of amides is 1. The largest absolute Gasteiger partial charge is 0.409 e. The van der Waals surface area contributed by atoms with Gasteiger partial charge in [0.15, 0.2) is 15.7 Å². The summed E-state index contributed by atoms with van der Waals surface area (Å²) >= 11 is 0. The van der Waals surface area contributed by atoms with E-state index < -0.39 is 15.8 Å². The Labute approximate surface area is 113 Å². The van der Waals surface area contributed by atoms with Crippen LogP contribution >= 0.6 is 0 Å². The van der Waals surface area contributed by atoms with Crippen molar-refractivity contribution in [1.29, 1.82) is 0 Å². The van der Waals surface area contributed by atoms with Crippen LogP contribution in [0.5, 0.6) is 0 Å². The molecule has 1 aliphatic heterocycles. The molecule has 0 aliphatic carbocycles. The van der Waals surface area contributed by atoms with E-state index in [0.29, 0.717) is 19.4 Å². The lowest BCUT2D eigenvalue weighted by Gasteiger charge is -2.16. The highest BCUT2D eigenvalue weighted by atomic mass is 32.2. The fourth-order valence-electron chi connectivity index (χ4n) is 2.17. The third-order valence-electron chi connectivity index (χ3n) is 3.26. The minimum absolute atomic E-state index is 0.0384. The highest BCUT2D eigenvalue weighted by Crippen LogP contribution is 2.17. The zero-order valence-electron chi connectivity index (χ0n) is 11.0. The number of nitrogens with zero attached hydrogens (tertiary/aromatic N) is 1. The Kier molecular flexibility index (Phi) is 5.59. The summed E-state index contributed by atoms with van der Waals surface area (Å²) in [5, 5.41) is 14.2. The second-order valence-electron chi connectivity index (χ2n) is 4.88. The fourth-order valence-corrected chi connectivity index (χ4v) is 4.03. The molecule has 1 heterocycles. The quantitative estimate of drug-likeness (QED) is 0.268. The van der Waals surface area contributed by atoms with Crippen LogP contribution in [0.15, 0.2) is 5.16 Å². The van der Waals surface area contributed by atoms with Crippen LogP contribution in [-0.4, -0.2) is 43.4 Å². The first-order chi connectivity index (χ1) is 8.89. The normalized spacial score (nSPS) is 24.1. The Bertz CT molecular complexity index is 447. The summed E-state index contributed by atoms with van der Waals surface area (Å²) in [4.78, 5) is 11.9. The van der Waals surface area contributed by atoms with E-state index in [9.17, 15) is 13.2 Å². The molecule has 0 spiro atoms. The molecule has 2 atom stereocenters. The van der Waals surface area contributed by atoms with Crippen LogP contribution < -0.4 is 11.1 Å². The number of hydrogen-bond donors (Lipinski definition) is 3. The van der Waals surface area contributed by atoms with Crippen molar-refractivity contribution in [3.05, 3.63) is 0 Å². The number of hydrogen-bond acceptors (Lipinski definition) is 5. The van der Waals surface area contributed by atoms with Crippen molar-refractivity contribution >= 4 is 21.6 Å². The molecule has 0 bridgehead atoms. The zero-order valence-corrected chi connectivity index (χ0v) is 11.8. The second-order valence-corrected chi connectivity index (χ2v) is 7.11. The fraction of sp³-hybridized carbons (Fsp3) is 0.818. The average molecular weight is 291 g/mol. The number of amidine groups is 1. The minimum Gasteiger partial charge on any atom is -0.409 e. The van der Waals surface area contributed by atoms with Crippen LogP contribution in [0, 0.1) is 11.8 Å². The van der Waals surface area contributed by atoms with Crippen LogP contribution in [0.4, 0.5) is 0 Å². The summed E-state index contributed by atoms with van der Waals surface area (Å²) in [5.74, 6) is -0.821. The number of rotatable bonds is 6. The summed E-state index contributed by atoms with van der Waals surface area (Å²) in [5.41, 5.74) is 5.47. The lowest BCUT2D eigenvalue weighted by molar-refractivity contribution is -0.123. The topological polar surface area (TPSA) is 122 Å². The van der Waals surface area contributed by atoms with E-state index >= 15 is 0 Å². The Hall–Kier alpha value is -1.31. The van der Waals surface area contributed by atoms with Gasteiger partial charge in [0.05, 0.1) is 17.4 Å². The van der Waals surface area contributed by atoms with Gasteiger partial charge in [-0.25, -0.2) is 8.42 Å². The number of sulfone groups is 1. The third kappa shape index (κ3) is 4.70. The molecule has 0 aromatic carbocycles. The van der Waals surface area contributed by atoms with Crippen molar-refractivity contribution in [2.45, 2.75) is 26.2 Å². The van der Waals surface area contributed by atoms with Crippen molar-refractivity contribution in [2.75, 3.05) is 18.1 Å². The molecule has 1 amide bonds. The molecule has 1 saturated heterocycles. The first kappa shape index (κ1) is 15.7. The van der Waals surface area contributed by atoms with Gasteiger partial charge < -0.3 is 16.3 Å². The van der Waals surface area contributed by atoms with Gasteiger partial charge in [-0.2, -0.15) is 0 Å².